The minimum atomic E-state index is -4.90. The first-order chi connectivity index (χ1) is 33.8. The van der Waals surface area contributed by atoms with Crippen LogP contribution in [0.3, 0.4) is 0 Å². The molecule has 0 unspecified atom stereocenters. The zero-order valence-electron chi connectivity index (χ0n) is 41.9. The van der Waals surface area contributed by atoms with E-state index in [1.807, 2.05) is 6.92 Å². The van der Waals surface area contributed by atoms with E-state index in [9.17, 15) is 31.3 Å². The quantitative estimate of drug-likeness (QED) is 0.178. The minimum absolute atomic E-state index is 0.0650. The average Bonchev–Trinajstić information content (AvgIpc) is 3.41. The van der Waals surface area contributed by atoms with Crippen molar-refractivity contribution in [1.82, 2.24) is 0 Å². The number of ketones is 1. The molecule has 0 spiro atoms. The van der Waals surface area contributed by atoms with Crippen molar-refractivity contribution in [1.29, 1.82) is 0 Å². The van der Waals surface area contributed by atoms with Crippen LogP contribution in [0.15, 0.2) is 12.2 Å². The molecule has 0 aromatic rings. The van der Waals surface area contributed by atoms with Gasteiger partial charge in [-0.15, -0.1) is 0 Å². The average molecular weight is 1060 g/mol. The van der Waals surface area contributed by atoms with Crippen LogP contribution >= 0.6 is 0 Å². The van der Waals surface area contributed by atoms with Crippen LogP contribution in [0, 0.1) is 5.92 Å². The molecule has 0 amide bonds. The van der Waals surface area contributed by atoms with E-state index in [1.54, 1.807) is 6.92 Å². The van der Waals surface area contributed by atoms with Gasteiger partial charge in [0, 0.05) is 44.9 Å². The molecule has 0 aromatic carbocycles. The van der Waals surface area contributed by atoms with Crippen molar-refractivity contribution in [2.75, 3.05) is 6.61 Å². The summed E-state index contributed by atoms with van der Waals surface area (Å²) in [5.74, 6) is -0.0129. The number of ether oxygens (including phenoxy) is 11. The maximum atomic E-state index is 12.4. The van der Waals surface area contributed by atoms with Crippen LogP contribution in [0.25, 0.3) is 0 Å². The summed E-state index contributed by atoms with van der Waals surface area (Å²) in [5.41, 5.74) is -2.95. The van der Waals surface area contributed by atoms with Gasteiger partial charge in [0.1, 0.15) is 30.0 Å². The molecule has 23 heteroatoms. The summed E-state index contributed by atoms with van der Waals surface area (Å²) in [6.45, 7) is 15.2. The summed E-state index contributed by atoms with van der Waals surface area (Å²) in [6.07, 6.45) is -2.82. The number of rotatable bonds is 8. The molecule has 0 radical (unpaired) electrons. The molecular weight excluding hydrogens is 989 g/mol. The largest absolute Gasteiger partial charge is 0.397 e. The van der Waals surface area contributed by atoms with Crippen molar-refractivity contribution in [3.63, 3.8) is 0 Å². The second-order valence-corrected chi connectivity index (χ2v) is 25.9. The van der Waals surface area contributed by atoms with Crippen LogP contribution in [-0.4, -0.2) is 188 Å². The molecule has 11 heterocycles. The van der Waals surface area contributed by atoms with Gasteiger partial charge in [-0.2, -0.15) is 16.8 Å². The Morgan fingerprint density at radius 1 is 0.639 bits per heavy atom. The molecule has 3 N–H and O–H groups in total. The molecule has 11 fully saturated rings. The third-order valence-corrected chi connectivity index (χ3v) is 19.6. The molecule has 21 nitrogen and oxygen atoms in total. The summed E-state index contributed by atoms with van der Waals surface area (Å²) in [7, 11) is -9.58. The summed E-state index contributed by atoms with van der Waals surface area (Å²) in [4.78, 5) is 12.4. The first kappa shape index (κ1) is 52.7. The maximum absolute atomic E-state index is 12.4. The molecule has 25 atom stereocenters. The van der Waals surface area contributed by atoms with Crippen LogP contribution in [0.1, 0.15) is 131 Å². The molecule has 11 saturated heterocycles. The second-order valence-electron chi connectivity index (χ2n) is 23.8. The highest BCUT2D eigenvalue weighted by molar-refractivity contribution is 7.81. The van der Waals surface area contributed by atoms with E-state index in [0.29, 0.717) is 63.4 Å². The zero-order chi connectivity index (χ0) is 51.1. The lowest BCUT2D eigenvalue weighted by Gasteiger charge is -2.60. The second kappa shape index (κ2) is 18.9. The van der Waals surface area contributed by atoms with Gasteiger partial charge < -0.3 is 57.2 Å². The third kappa shape index (κ3) is 9.85. The van der Waals surface area contributed by atoms with Crippen molar-refractivity contribution in [2.24, 2.45) is 5.92 Å². The van der Waals surface area contributed by atoms with E-state index >= 15 is 0 Å². The van der Waals surface area contributed by atoms with Gasteiger partial charge in [0.25, 0.3) is 0 Å². The first-order valence-corrected chi connectivity index (χ1v) is 28.9. The topological polar surface area (TPSA) is 266 Å². The van der Waals surface area contributed by atoms with Crippen molar-refractivity contribution < 1.29 is 96.3 Å². The van der Waals surface area contributed by atoms with Gasteiger partial charge in [-0.3, -0.25) is 13.9 Å². The highest BCUT2D eigenvalue weighted by atomic mass is 32.3. The van der Waals surface area contributed by atoms with Gasteiger partial charge in [-0.25, -0.2) is 8.37 Å². The third-order valence-electron chi connectivity index (χ3n) is 18.6. The van der Waals surface area contributed by atoms with Crippen molar-refractivity contribution in [3.8, 4) is 0 Å². The molecular formula is C49H74O21S2. The number of carbonyl (C=O) groups is 1. The fourth-order valence-corrected chi connectivity index (χ4v) is 15.6. The molecule has 11 aliphatic heterocycles. The Morgan fingerprint density at radius 2 is 1.19 bits per heavy atom. The monoisotopic (exact) mass is 1060 g/mol. The molecule has 0 saturated carbocycles. The highest BCUT2D eigenvalue weighted by Gasteiger charge is 2.65. The van der Waals surface area contributed by atoms with E-state index in [0.717, 1.165) is 12.8 Å². The minimum Gasteiger partial charge on any atom is -0.387 e. The van der Waals surface area contributed by atoms with E-state index in [4.69, 9.17) is 60.8 Å². The van der Waals surface area contributed by atoms with Gasteiger partial charge >= 0.3 is 20.8 Å². The van der Waals surface area contributed by atoms with Gasteiger partial charge in [0.2, 0.25) is 0 Å². The SMILES string of the molecule is C=C1C[C@@H]2O[C@@]3(C)[C@H](C[C@H]2O[C@@H]1C(C)=O)O[C@@H]1C[C@@H]2O[C@@H]4C[C@@H]5O[C@@H]6C[C@@H]7O[C@@H]8C[C@@H]9O[C@](C)(CCCOS(=O)(=O)O)[C@@H](OS(=O)(=O)O)C[C@H]9O[C@H]8C[C@H]7O[C@H]6CC[C@@]5(C)O[C@@]4(C)CC[C@H](C)[C@H]2O[C@H]1[C@H]3O. The summed E-state index contributed by atoms with van der Waals surface area (Å²) in [6, 6.07) is 0. The molecule has 72 heavy (non-hydrogen) atoms. The van der Waals surface area contributed by atoms with Crippen LogP contribution < -0.4 is 0 Å². The van der Waals surface area contributed by atoms with Crippen LogP contribution in [0.5, 0.6) is 0 Å². The number of Topliss-reactive ketones (excluding diaryl/α,β-unsaturated/α-hetero) is 1. The van der Waals surface area contributed by atoms with Crippen molar-refractivity contribution >= 4 is 26.6 Å². The number of fused-ring (bicyclic) bond motifs is 10. The number of hydrogen-bond donors (Lipinski definition) is 3. The van der Waals surface area contributed by atoms with E-state index in [1.165, 1.54) is 6.92 Å². The normalized spacial score (nSPS) is 53.3. The van der Waals surface area contributed by atoms with Gasteiger partial charge in [-0.1, -0.05) is 13.5 Å². The zero-order valence-corrected chi connectivity index (χ0v) is 43.6. The number of hydrogen-bond acceptors (Lipinski definition) is 19. The number of aliphatic hydroxyl groups excluding tert-OH is 1. The first-order valence-electron chi connectivity index (χ1n) is 26.2. The predicted octanol–water partition coefficient (Wildman–Crippen LogP) is 3.60. The summed E-state index contributed by atoms with van der Waals surface area (Å²) >= 11 is 0. The van der Waals surface area contributed by atoms with E-state index in [-0.39, 0.29) is 111 Å². The fraction of sp³-hybridized carbons (Fsp3) is 0.939. The van der Waals surface area contributed by atoms with Gasteiger partial charge in [0.05, 0.1) is 121 Å². The summed E-state index contributed by atoms with van der Waals surface area (Å²) < 4.78 is 150. The van der Waals surface area contributed by atoms with Crippen molar-refractivity contribution in [2.45, 2.75) is 276 Å². The van der Waals surface area contributed by atoms with E-state index < -0.39 is 92.0 Å². The maximum Gasteiger partial charge on any atom is 0.397 e. The molecule has 11 rings (SSSR count). The standard InChI is InChI=1S/C49H74O21S2/c1-23-9-12-47(5)39(63-36-19-37-44(66-43(23)36)45(51)49(7)41(64-37)21-33-34(68-49)15-24(2)42(65-33)25(3)50)22-38-48(6,70-47)13-10-26-27(62-38)16-29-28(59-26)17-30-31(60-29)18-35-32(61-30)20-40(69-72(55,56)57)46(4,67-35)11-8-14-58-71(52,53)54/h23,26-45,51H,2,8-22H2,1,3-7H3,(H,52,53,54)(H,55,56,57)/t23-,26-,27+,28+,29-,30-,31+,32+,33+,34-,35-,36-,37+,38-,39+,40-,41-,42-,43+,44+,45+,46+,47-,48+,49-/m0/s1. The van der Waals surface area contributed by atoms with E-state index in [2.05, 4.69) is 31.5 Å². The molecule has 11 aliphatic rings. The summed E-state index contributed by atoms with van der Waals surface area (Å²) in [5, 5.41) is 12.1. The predicted molar refractivity (Wildman–Crippen MR) is 247 cm³/mol. The lowest BCUT2D eigenvalue weighted by Crippen LogP contribution is -2.73. The molecule has 408 valence electrons. The van der Waals surface area contributed by atoms with Gasteiger partial charge in [0.15, 0.2) is 5.78 Å². The van der Waals surface area contributed by atoms with Crippen LogP contribution in [0.4, 0.5) is 0 Å². The Labute approximate surface area is 422 Å². The van der Waals surface area contributed by atoms with Crippen molar-refractivity contribution in [3.05, 3.63) is 12.2 Å². The van der Waals surface area contributed by atoms with Gasteiger partial charge in [-0.05, 0) is 91.1 Å². The Kier molecular flexibility index (Phi) is 13.9. The Balaban J connectivity index is 0.753. The lowest BCUT2D eigenvalue weighted by molar-refractivity contribution is -0.367. The molecule has 0 aromatic heterocycles. The Morgan fingerprint density at radius 3 is 1.85 bits per heavy atom. The van der Waals surface area contributed by atoms with Crippen LogP contribution in [0.2, 0.25) is 0 Å². The number of aliphatic hydroxyl groups is 1. The fourth-order valence-electron chi connectivity index (χ4n) is 14.7. The lowest BCUT2D eigenvalue weighted by atomic mass is 9.73. The molecule has 0 bridgehead atoms. The Bertz CT molecular complexity index is 2310. The van der Waals surface area contributed by atoms with Crippen LogP contribution in [-0.2, 0) is 86.1 Å². The smallest absolute Gasteiger partial charge is 0.387 e. The Hall–Kier alpha value is -1.33. The highest BCUT2D eigenvalue weighted by Crippen LogP contribution is 2.53. The molecule has 0 aliphatic carbocycles. The number of carbonyl (C=O) groups excluding carboxylic acids is 1.